The lowest BCUT2D eigenvalue weighted by atomic mass is 9.64. The molecule has 2 unspecified atom stereocenters. The zero-order valence-corrected chi connectivity index (χ0v) is 25.5. The number of amides is 3. The van der Waals surface area contributed by atoms with Crippen molar-refractivity contribution >= 4 is 17.7 Å². The molecule has 8 nitrogen and oxygen atoms in total. The predicted octanol–water partition coefficient (Wildman–Crippen LogP) is 4.33. The van der Waals surface area contributed by atoms with E-state index in [9.17, 15) is 19.5 Å². The predicted molar refractivity (Wildman–Crippen MR) is 163 cm³/mol. The molecule has 42 heavy (non-hydrogen) atoms. The van der Waals surface area contributed by atoms with E-state index >= 15 is 0 Å². The molecule has 8 heteroatoms. The Labute approximate surface area is 251 Å². The molecule has 5 atom stereocenters. The molecule has 3 fully saturated rings. The van der Waals surface area contributed by atoms with Crippen LogP contribution in [0.3, 0.4) is 0 Å². The van der Waals surface area contributed by atoms with Crippen molar-refractivity contribution in [2.75, 3.05) is 32.8 Å². The van der Waals surface area contributed by atoms with Crippen LogP contribution in [-0.2, 0) is 25.7 Å². The normalized spacial score (nSPS) is 27.6. The van der Waals surface area contributed by atoms with E-state index in [-0.39, 0.29) is 24.3 Å². The Morgan fingerprint density at radius 1 is 1.02 bits per heavy atom. The third-order valence-electron chi connectivity index (χ3n) is 9.52. The molecule has 1 N–H and O–H groups in total. The van der Waals surface area contributed by atoms with Gasteiger partial charge in [-0.1, -0.05) is 69.2 Å². The van der Waals surface area contributed by atoms with Crippen molar-refractivity contribution in [3.05, 3.63) is 61.2 Å². The van der Waals surface area contributed by atoms with Gasteiger partial charge in [0, 0.05) is 39.3 Å². The Morgan fingerprint density at radius 3 is 2.36 bits per heavy atom. The van der Waals surface area contributed by atoms with E-state index in [1.165, 1.54) is 0 Å². The number of nitrogens with zero attached hydrogens (tertiary/aromatic N) is 3. The van der Waals surface area contributed by atoms with Crippen LogP contribution in [0, 0.1) is 11.8 Å². The van der Waals surface area contributed by atoms with E-state index in [4.69, 9.17) is 4.74 Å². The fourth-order valence-electron chi connectivity index (χ4n) is 7.64. The summed E-state index contributed by atoms with van der Waals surface area (Å²) in [5.41, 5.74) is -0.812. The number of aliphatic hydroxyl groups excluding tert-OH is 1. The number of likely N-dealkylation sites (tertiary alicyclic amines) is 1. The molecule has 1 aromatic rings. The summed E-state index contributed by atoms with van der Waals surface area (Å²) < 4.78 is 6.98. The van der Waals surface area contributed by atoms with Gasteiger partial charge in [-0.2, -0.15) is 0 Å². The Kier molecular flexibility index (Phi) is 10.7. The van der Waals surface area contributed by atoms with Crippen LogP contribution >= 0.6 is 0 Å². The number of hydrogen-bond donors (Lipinski definition) is 1. The maximum atomic E-state index is 14.6. The third kappa shape index (κ3) is 5.80. The van der Waals surface area contributed by atoms with Gasteiger partial charge in [0.05, 0.1) is 17.4 Å². The summed E-state index contributed by atoms with van der Waals surface area (Å²) in [6, 6.07) is 9.02. The van der Waals surface area contributed by atoms with Gasteiger partial charge >= 0.3 is 0 Å². The summed E-state index contributed by atoms with van der Waals surface area (Å²) in [7, 11) is 0. The highest BCUT2D eigenvalue weighted by molar-refractivity contribution is 5.99. The minimum atomic E-state index is -1.04. The average molecular weight is 580 g/mol. The van der Waals surface area contributed by atoms with E-state index in [2.05, 4.69) is 13.2 Å². The molecule has 1 aromatic carbocycles. The lowest BCUT2D eigenvalue weighted by Gasteiger charge is -2.37. The Bertz CT molecular complexity index is 1130. The summed E-state index contributed by atoms with van der Waals surface area (Å²) in [5.74, 6) is -1.69. The maximum Gasteiger partial charge on any atom is 0.248 e. The van der Waals surface area contributed by atoms with Crippen LogP contribution in [0.5, 0.6) is 0 Å². The first kappa shape index (κ1) is 32.0. The summed E-state index contributed by atoms with van der Waals surface area (Å²) in [6.07, 6.45) is 9.19. The van der Waals surface area contributed by atoms with Gasteiger partial charge in [0.25, 0.3) is 0 Å². The molecule has 0 aromatic heterocycles. The summed E-state index contributed by atoms with van der Waals surface area (Å²) in [4.78, 5) is 48.7. The molecule has 2 bridgehead atoms. The van der Waals surface area contributed by atoms with Crippen molar-refractivity contribution in [3.63, 3.8) is 0 Å². The number of ether oxygens (including phenoxy) is 1. The highest BCUT2D eigenvalue weighted by Gasteiger charge is 2.78. The molecule has 0 aliphatic carbocycles. The average Bonchev–Trinajstić information content (AvgIpc) is 3.60. The summed E-state index contributed by atoms with van der Waals surface area (Å²) in [6.45, 7) is 14.1. The fourth-order valence-corrected chi connectivity index (χ4v) is 7.64. The van der Waals surface area contributed by atoms with E-state index in [0.29, 0.717) is 64.8 Å². The number of hydrogen-bond acceptors (Lipinski definition) is 5. The topological polar surface area (TPSA) is 90.4 Å². The number of rotatable bonds is 17. The van der Waals surface area contributed by atoms with Crippen LogP contribution in [0.2, 0.25) is 0 Å². The first-order valence-electron chi connectivity index (χ1n) is 15.8. The Balaban J connectivity index is 1.74. The van der Waals surface area contributed by atoms with Crippen molar-refractivity contribution in [2.45, 2.75) is 89.0 Å². The number of unbranched alkanes of at least 4 members (excludes halogenated alkanes) is 3. The van der Waals surface area contributed by atoms with Gasteiger partial charge in [-0.3, -0.25) is 14.4 Å². The molecule has 0 saturated carbocycles. The van der Waals surface area contributed by atoms with Gasteiger partial charge in [-0.25, -0.2) is 0 Å². The van der Waals surface area contributed by atoms with Crippen molar-refractivity contribution in [1.29, 1.82) is 0 Å². The minimum Gasteiger partial charge on any atom is -0.396 e. The molecule has 230 valence electrons. The maximum absolute atomic E-state index is 14.6. The smallest absolute Gasteiger partial charge is 0.248 e. The number of carbonyl (C=O) groups is 3. The highest BCUT2D eigenvalue weighted by atomic mass is 16.5. The van der Waals surface area contributed by atoms with Crippen molar-refractivity contribution in [3.8, 4) is 0 Å². The molecule has 3 aliphatic heterocycles. The van der Waals surface area contributed by atoms with Gasteiger partial charge in [0.2, 0.25) is 17.7 Å². The molecular formula is C34H49N3O5. The number of benzene rings is 1. The zero-order valence-electron chi connectivity index (χ0n) is 25.5. The van der Waals surface area contributed by atoms with Crippen LogP contribution in [-0.4, -0.2) is 87.6 Å². The van der Waals surface area contributed by atoms with E-state index < -0.39 is 29.1 Å². The zero-order chi connectivity index (χ0) is 30.3. The Morgan fingerprint density at radius 2 is 1.71 bits per heavy atom. The first-order chi connectivity index (χ1) is 20.3. The largest absolute Gasteiger partial charge is 0.396 e. The summed E-state index contributed by atoms with van der Waals surface area (Å²) >= 11 is 0. The Hall–Kier alpha value is -2.97. The SMILES string of the molecule is C=CCN(Cc1ccccc1)C(=O)C1N(CCCCCCO)C(=O)[C@@H]2[C@@H](C(=O)N(CC=C)CCC)[C@@]3(CC)CCC12O3. The molecule has 3 amide bonds. The van der Waals surface area contributed by atoms with Crippen molar-refractivity contribution < 1.29 is 24.2 Å². The molecule has 4 rings (SSSR count). The monoisotopic (exact) mass is 579 g/mol. The van der Waals surface area contributed by atoms with Crippen molar-refractivity contribution in [2.24, 2.45) is 11.8 Å². The standard InChI is InChI=1S/C34H49N3O5/c1-5-20-35(21-6-2)30(39)27-28-31(40)37(23-14-9-10-15-24-38)29(34(28)19-18-33(27,8-4)42-34)32(41)36(22-7-3)25-26-16-12-11-13-17-26/h5,7,11-13,16-17,27-29,38H,1,3,6,8-10,14-15,18-25H2,2,4H3/t27-,28-,29?,33+,34?/m0/s1. The quantitative estimate of drug-likeness (QED) is 0.219. The number of aliphatic hydroxyl groups is 1. The number of carbonyl (C=O) groups excluding carboxylic acids is 3. The van der Waals surface area contributed by atoms with Crippen molar-refractivity contribution in [1.82, 2.24) is 14.7 Å². The van der Waals surface area contributed by atoms with Crippen LogP contribution in [0.15, 0.2) is 55.6 Å². The van der Waals surface area contributed by atoms with Gasteiger partial charge in [-0.05, 0) is 44.1 Å². The van der Waals surface area contributed by atoms with Gasteiger partial charge in [0.1, 0.15) is 11.6 Å². The second-order valence-electron chi connectivity index (χ2n) is 12.1. The molecular weight excluding hydrogens is 530 g/mol. The first-order valence-corrected chi connectivity index (χ1v) is 15.8. The van der Waals surface area contributed by atoms with Gasteiger partial charge in [-0.15, -0.1) is 13.2 Å². The summed E-state index contributed by atoms with van der Waals surface area (Å²) in [5, 5.41) is 9.21. The minimum absolute atomic E-state index is 0.0678. The lowest BCUT2D eigenvalue weighted by Crippen LogP contribution is -2.56. The lowest BCUT2D eigenvalue weighted by molar-refractivity contribution is -0.155. The highest BCUT2D eigenvalue weighted by Crippen LogP contribution is 2.64. The molecule has 1 spiro atoms. The second-order valence-corrected chi connectivity index (χ2v) is 12.1. The second kappa shape index (κ2) is 14.0. The van der Waals surface area contributed by atoms with E-state index in [0.717, 1.165) is 24.8 Å². The number of fused-ring (bicyclic) bond motifs is 1. The van der Waals surface area contributed by atoms with Gasteiger partial charge < -0.3 is 24.5 Å². The van der Waals surface area contributed by atoms with Crippen LogP contribution in [0.25, 0.3) is 0 Å². The van der Waals surface area contributed by atoms with Crippen LogP contribution < -0.4 is 0 Å². The molecule has 3 aliphatic rings. The fraction of sp³-hybridized carbons (Fsp3) is 0.618. The van der Waals surface area contributed by atoms with E-state index in [1.807, 2.05) is 44.2 Å². The van der Waals surface area contributed by atoms with Gasteiger partial charge in [0.15, 0.2) is 0 Å². The third-order valence-corrected chi connectivity index (χ3v) is 9.52. The molecule has 0 radical (unpaired) electrons. The van der Waals surface area contributed by atoms with Crippen LogP contribution in [0.4, 0.5) is 0 Å². The van der Waals surface area contributed by atoms with E-state index in [1.54, 1.807) is 26.9 Å². The molecule has 3 heterocycles. The van der Waals surface area contributed by atoms with Crippen LogP contribution in [0.1, 0.15) is 70.8 Å². The molecule has 3 saturated heterocycles.